The van der Waals surface area contributed by atoms with E-state index in [1.54, 1.807) is 18.3 Å². The quantitative estimate of drug-likeness (QED) is 0.763. The molecule has 1 fully saturated rings. The van der Waals surface area contributed by atoms with Gasteiger partial charge in [-0.3, -0.25) is 4.79 Å². The second-order valence-electron chi connectivity index (χ2n) is 9.72. The number of fused-ring (bicyclic) bond motifs is 1. The molecule has 2 aromatic rings. The molecule has 32 heavy (non-hydrogen) atoms. The van der Waals surface area contributed by atoms with E-state index in [9.17, 15) is 18.5 Å². The zero-order valence-corrected chi connectivity index (χ0v) is 19.7. The summed E-state index contributed by atoms with van der Waals surface area (Å²) in [6.45, 7) is 6.66. The number of aromatic nitrogens is 1. The van der Waals surface area contributed by atoms with Crippen LogP contribution in [0.15, 0.2) is 35.4 Å². The van der Waals surface area contributed by atoms with Crippen LogP contribution in [-0.2, 0) is 33.2 Å². The number of nitrogens with zero attached hydrogens (tertiary/aromatic N) is 3. The average Bonchev–Trinajstić information content (AvgIpc) is 3.39. The van der Waals surface area contributed by atoms with E-state index < -0.39 is 10.0 Å². The van der Waals surface area contributed by atoms with Gasteiger partial charge < -0.3 is 9.88 Å². The minimum absolute atomic E-state index is 0.132. The van der Waals surface area contributed by atoms with E-state index in [0.29, 0.717) is 42.2 Å². The van der Waals surface area contributed by atoms with Crippen LogP contribution < -0.4 is 5.32 Å². The molecule has 1 N–H and O–H groups in total. The minimum atomic E-state index is -3.56. The van der Waals surface area contributed by atoms with Gasteiger partial charge in [-0.1, -0.05) is 6.07 Å². The molecule has 0 unspecified atom stereocenters. The molecule has 0 radical (unpaired) electrons. The fourth-order valence-corrected chi connectivity index (χ4v) is 6.14. The number of nitriles is 1. The highest BCUT2D eigenvalue weighted by molar-refractivity contribution is 7.89. The average molecular weight is 455 g/mol. The van der Waals surface area contributed by atoms with Crippen LogP contribution in [-0.4, -0.2) is 36.3 Å². The molecule has 0 atom stereocenters. The summed E-state index contributed by atoms with van der Waals surface area (Å²) in [5, 5.41) is 12.2. The van der Waals surface area contributed by atoms with Crippen molar-refractivity contribution in [3.63, 3.8) is 0 Å². The van der Waals surface area contributed by atoms with Crippen LogP contribution in [0.2, 0.25) is 0 Å². The molecule has 2 aliphatic rings. The first-order chi connectivity index (χ1) is 15.1. The molecule has 1 aromatic heterocycles. The molecule has 1 aromatic carbocycles. The molecule has 4 rings (SSSR count). The molecule has 2 heterocycles. The Morgan fingerprint density at radius 3 is 2.47 bits per heavy atom. The first kappa shape index (κ1) is 22.6. The number of aryl methyl sites for hydroxylation is 2. The summed E-state index contributed by atoms with van der Waals surface area (Å²) >= 11 is 0. The Hall–Kier alpha value is -2.63. The van der Waals surface area contributed by atoms with Gasteiger partial charge in [-0.15, -0.1) is 0 Å². The number of anilines is 1. The van der Waals surface area contributed by atoms with Gasteiger partial charge in [0.2, 0.25) is 15.9 Å². The van der Waals surface area contributed by atoms with Crippen molar-refractivity contribution in [2.24, 2.45) is 5.92 Å². The Morgan fingerprint density at radius 1 is 1.12 bits per heavy atom. The van der Waals surface area contributed by atoms with Crippen LogP contribution in [0.1, 0.15) is 56.7 Å². The second-order valence-corrected chi connectivity index (χ2v) is 11.7. The molecule has 1 amide bonds. The number of nitrogens with one attached hydrogen (secondary N) is 1. The minimum Gasteiger partial charge on any atom is -0.328 e. The number of carbonyl (C=O) groups excluding carboxylic acids is 1. The van der Waals surface area contributed by atoms with Gasteiger partial charge in [-0.25, -0.2) is 8.42 Å². The predicted molar refractivity (Wildman–Crippen MR) is 123 cm³/mol. The van der Waals surface area contributed by atoms with Crippen LogP contribution in [0.5, 0.6) is 0 Å². The zero-order chi connectivity index (χ0) is 23.1. The summed E-state index contributed by atoms with van der Waals surface area (Å²) in [4.78, 5) is 13.3. The Morgan fingerprint density at radius 2 is 1.81 bits per heavy atom. The summed E-state index contributed by atoms with van der Waals surface area (Å²) in [5.41, 5.74) is 2.59. The van der Waals surface area contributed by atoms with Crippen LogP contribution in [0.25, 0.3) is 0 Å². The maximum absolute atomic E-state index is 13.1. The lowest BCUT2D eigenvalue weighted by atomic mass is 9.97. The van der Waals surface area contributed by atoms with Gasteiger partial charge in [0.15, 0.2) is 0 Å². The van der Waals surface area contributed by atoms with Gasteiger partial charge in [-0.2, -0.15) is 9.57 Å². The summed E-state index contributed by atoms with van der Waals surface area (Å²) in [7, 11) is -3.56. The van der Waals surface area contributed by atoms with Gasteiger partial charge in [0, 0.05) is 30.7 Å². The molecule has 7 nitrogen and oxygen atoms in total. The normalized spacial score (nSPS) is 17.7. The monoisotopic (exact) mass is 454 g/mol. The summed E-state index contributed by atoms with van der Waals surface area (Å²) < 4.78 is 29.7. The van der Waals surface area contributed by atoms with E-state index >= 15 is 0 Å². The Labute approximate surface area is 190 Å². The molecule has 8 heteroatoms. The molecule has 1 aliphatic heterocycles. The summed E-state index contributed by atoms with van der Waals surface area (Å²) in [5.74, 6) is 0.190. The van der Waals surface area contributed by atoms with Crippen molar-refractivity contribution in [3.05, 3.63) is 47.2 Å². The van der Waals surface area contributed by atoms with E-state index in [1.807, 2.05) is 37.5 Å². The highest BCUT2D eigenvalue weighted by Crippen LogP contribution is 2.30. The van der Waals surface area contributed by atoms with Crippen LogP contribution in [0, 0.1) is 17.2 Å². The van der Waals surface area contributed by atoms with Crippen molar-refractivity contribution < 1.29 is 13.2 Å². The van der Waals surface area contributed by atoms with Gasteiger partial charge in [0.25, 0.3) is 0 Å². The lowest BCUT2D eigenvalue weighted by Crippen LogP contribution is -2.41. The van der Waals surface area contributed by atoms with Crippen molar-refractivity contribution in [1.82, 2.24) is 8.87 Å². The highest BCUT2D eigenvalue weighted by atomic mass is 32.2. The van der Waals surface area contributed by atoms with Crippen molar-refractivity contribution in [1.29, 1.82) is 5.26 Å². The number of sulfonamides is 1. The van der Waals surface area contributed by atoms with Crippen LogP contribution >= 0.6 is 0 Å². The number of carbonyl (C=O) groups is 1. The number of rotatable bonds is 4. The van der Waals surface area contributed by atoms with Gasteiger partial charge in [-0.05, 0) is 82.2 Å². The predicted octanol–water partition coefficient (Wildman–Crippen LogP) is 3.64. The SMILES string of the molecule is CC(C)(C)n1cc(C#N)cc1NC(=O)C1CCN(S(=O)(=O)c2ccc3c(c2)CCC3)CC1. The standard InChI is InChI=1S/C24H30N4O3S/c1-24(2,3)28-16-17(15-25)13-22(28)26-23(29)19-9-11-27(12-10-19)32(30,31)21-8-7-18-5-4-6-20(18)14-21/h7-8,13-14,16,19H,4-6,9-12H2,1-3H3,(H,26,29). The Kier molecular flexibility index (Phi) is 5.91. The number of hydrogen-bond donors (Lipinski definition) is 1. The third-order valence-corrected chi connectivity index (χ3v) is 8.35. The maximum Gasteiger partial charge on any atom is 0.243 e. The second kappa shape index (κ2) is 8.38. The molecule has 0 bridgehead atoms. The Bertz CT molecular complexity index is 1180. The molecular weight excluding hydrogens is 424 g/mol. The van der Waals surface area contributed by atoms with Crippen LogP contribution in [0.4, 0.5) is 5.82 Å². The highest BCUT2D eigenvalue weighted by Gasteiger charge is 2.33. The topological polar surface area (TPSA) is 95.2 Å². The van der Waals surface area contributed by atoms with Crippen LogP contribution in [0.3, 0.4) is 0 Å². The molecule has 0 spiro atoms. The van der Waals surface area contributed by atoms with E-state index in [4.69, 9.17) is 0 Å². The largest absolute Gasteiger partial charge is 0.328 e. The van der Waals surface area contributed by atoms with E-state index in [0.717, 1.165) is 24.8 Å². The summed E-state index contributed by atoms with van der Waals surface area (Å²) in [6, 6.07) is 9.27. The van der Waals surface area contributed by atoms with Gasteiger partial charge in [0.05, 0.1) is 10.5 Å². The molecule has 170 valence electrons. The number of benzene rings is 1. The van der Waals surface area contributed by atoms with Crippen molar-refractivity contribution >= 4 is 21.7 Å². The van der Waals surface area contributed by atoms with E-state index in [2.05, 4.69) is 11.4 Å². The lowest BCUT2D eigenvalue weighted by molar-refractivity contribution is -0.121. The van der Waals surface area contributed by atoms with Crippen molar-refractivity contribution in [2.45, 2.75) is 63.3 Å². The third kappa shape index (κ3) is 4.32. The number of piperidine rings is 1. The van der Waals surface area contributed by atoms with Gasteiger partial charge >= 0.3 is 0 Å². The first-order valence-electron chi connectivity index (χ1n) is 11.2. The summed E-state index contributed by atoms with van der Waals surface area (Å²) in [6.07, 6.45) is 5.71. The third-order valence-electron chi connectivity index (χ3n) is 6.46. The van der Waals surface area contributed by atoms with Crippen molar-refractivity contribution in [3.8, 4) is 6.07 Å². The first-order valence-corrected chi connectivity index (χ1v) is 12.6. The van der Waals surface area contributed by atoms with E-state index in [-0.39, 0.29) is 17.4 Å². The molecule has 1 aliphatic carbocycles. The number of hydrogen-bond acceptors (Lipinski definition) is 4. The Balaban J connectivity index is 1.42. The lowest BCUT2D eigenvalue weighted by Gasteiger charge is -2.31. The number of amides is 1. The van der Waals surface area contributed by atoms with Crippen molar-refractivity contribution in [2.75, 3.05) is 18.4 Å². The fraction of sp³-hybridized carbons (Fsp3) is 0.500. The maximum atomic E-state index is 13.1. The van der Waals surface area contributed by atoms with E-state index in [1.165, 1.54) is 9.87 Å². The zero-order valence-electron chi connectivity index (χ0n) is 18.9. The molecular formula is C24H30N4O3S. The smallest absolute Gasteiger partial charge is 0.243 e. The fourth-order valence-electron chi connectivity index (χ4n) is 4.62. The molecule has 1 saturated heterocycles. The van der Waals surface area contributed by atoms with Gasteiger partial charge in [0.1, 0.15) is 11.9 Å². The molecule has 0 saturated carbocycles.